The SMILES string of the molecule is CNC(Cc1ccsc1)C1CCCCS1(=O)=O. The third-order valence-electron chi connectivity index (χ3n) is 3.48. The number of nitrogens with one attached hydrogen (secondary N) is 1. The summed E-state index contributed by atoms with van der Waals surface area (Å²) in [5.41, 5.74) is 1.23. The molecule has 0 aromatic carbocycles. The van der Waals surface area contributed by atoms with E-state index in [0.717, 1.165) is 25.7 Å². The Morgan fingerprint density at radius 3 is 2.94 bits per heavy atom. The van der Waals surface area contributed by atoms with E-state index in [1.165, 1.54) is 5.56 Å². The molecule has 2 heterocycles. The molecule has 1 aliphatic heterocycles. The monoisotopic (exact) mass is 273 g/mol. The molecule has 1 N–H and O–H groups in total. The van der Waals surface area contributed by atoms with Crippen LogP contribution in [0.15, 0.2) is 16.8 Å². The largest absolute Gasteiger partial charge is 0.315 e. The van der Waals surface area contributed by atoms with E-state index >= 15 is 0 Å². The number of sulfone groups is 1. The van der Waals surface area contributed by atoms with Crippen LogP contribution in [0.2, 0.25) is 0 Å². The molecule has 1 fully saturated rings. The highest BCUT2D eigenvalue weighted by Crippen LogP contribution is 2.24. The predicted molar refractivity (Wildman–Crippen MR) is 72.3 cm³/mol. The normalized spacial score (nSPS) is 25.6. The quantitative estimate of drug-likeness (QED) is 0.910. The first-order valence-corrected chi connectivity index (χ1v) is 8.69. The summed E-state index contributed by atoms with van der Waals surface area (Å²) in [6.45, 7) is 0. The van der Waals surface area contributed by atoms with Gasteiger partial charge < -0.3 is 5.32 Å². The molecule has 1 saturated heterocycles. The van der Waals surface area contributed by atoms with Crippen LogP contribution >= 0.6 is 11.3 Å². The lowest BCUT2D eigenvalue weighted by Crippen LogP contribution is -2.46. The molecule has 1 aromatic heterocycles. The summed E-state index contributed by atoms with van der Waals surface area (Å²) in [6.07, 6.45) is 3.47. The summed E-state index contributed by atoms with van der Waals surface area (Å²) in [4.78, 5) is 0. The maximum atomic E-state index is 12.1. The van der Waals surface area contributed by atoms with Crippen molar-refractivity contribution in [3.63, 3.8) is 0 Å². The average Bonchev–Trinajstić information content (AvgIpc) is 2.79. The molecule has 1 aromatic rings. The van der Waals surface area contributed by atoms with Gasteiger partial charge in [0.05, 0.1) is 11.0 Å². The van der Waals surface area contributed by atoms with Crippen molar-refractivity contribution >= 4 is 21.2 Å². The molecule has 96 valence electrons. The van der Waals surface area contributed by atoms with Crippen LogP contribution in [0.4, 0.5) is 0 Å². The predicted octanol–water partition coefficient (Wildman–Crippen LogP) is 1.85. The Kier molecular flexibility index (Phi) is 4.22. The fourth-order valence-electron chi connectivity index (χ4n) is 2.51. The van der Waals surface area contributed by atoms with Gasteiger partial charge in [-0.1, -0.05) is 6.42 Å². The molecule has 5 heteroatoms. The van der Waals surface area contributed by atoms with E-state index in [2.05, 4.69) is 16.8 Å². The molecule has 0 bridgehead atoms. The van der Waals surface area contributed by atoms with E-state index in [1.807, 2.05) is 12.4 Å². The molecule has 0 aliphatic carbocycles. The van der Waals surface area contributed by atoms with Crippen LogP contribution in [0.1, 0.15) is 24.8 Å². The number of rotatable bonds is 4. The summed E-state index contributed by atoms with van der Waals surface area (Å²) >= 11 is 1.66. The van der Waals surface area contributed by atoms with E-state index in [0.29, 0.717) is 5.75 Å². The topological polar surface area (TPSA) is 46.2 Å². The Morgan fingerprint density at radius 2 is 2.35 bits per heavy atom. The summed E-state index contributed by atoms with van der Waals surface area (Å²) in [5.74, 6) is 0.361. The minimum absolute atomic E-state index is 0.0508. The molecule has 3 nitrogen and oxygen atoms in total. The van der Waals surface area contributed by atoms with Crippen molar-refractivity contribution in [3.05, 3.63) is 22.4 Å². The van der Waals surface area contributed by atoms with Gasteiger partial charge in [-0.2, -0.15) is 11.3 Å². The zero-order valence-corrected chi connectivity index (χ0v) is 11.7. The van der Waals surface area contributed by atoms with Crippen LogP contribution in [0.25, 0.3) is 0 Å². The third kappa shape index (κ3) is 3.09. The molecule has 2 unspecified atom stereocenters. The highest BCUT2D eigenvalue weighted by Gasteiger charge is 2.34. The van der Waals surface area contributed by atoms with E-state index in [9.17, 15) is 8.42 Å². The van der Waals surface area contributed by atoms with E-state index in [4.69, 9.17) is 0 Å². The van der Waals surface area contributed by atoms with Crippen molar-refractivity contribution in [3.8, 4) is 0 Å². The summed E-state index contributed by atoms with van der Waals surface area (Å²) in [7, 11) is -1.03. The second-order valence-corrected chi connectivity index (χ2v) is 7.75. The van der Waals surface area contributed by atoms with Gasteiger partial charge in [-0.15, -0.1) is 0 Å². The maximum Gasteiger partial charge on any atom is 0.154 e. The van der Waals surface area contributed by atoms with Crippen molar-refractivity contribution in [2.45, 2.75) is 37.0 Å². The summed E-state index contributed by atoms with van der Waals surface area (Å²) < 4.78 is 24.1. The molecular formula is C12H19NO2S2. The third-order valence-corrected chi connectivity index (χ3v) is 6.56. The van der Waals surface area contributed by atoms with Crippen LogP contribution in [-0.2, 0) is 16.3 Å². The van der Waals surface area contributed by atoms with Gasteiger partial charge >= 0.3 is 0 Å². The highest BCUT2D eigenvalue weighted by atomic mass is 32.2. The van der Waals surface area contributed by atoms with Crippen molar-refractivity contribution < 1.29 is 8.42 Å². The van der Waals surface area contributed by atoms with Crippen LogP contribution in [0.3, 0.4) is 0 Å². The maximum absolute atomic E-state index is 12.1. The Labute approximate surface area is 107 Å². The molecule has 17 heavy (non-hydrogen) atoms. The first-order valence-electron chi connectivity index (χ1n) is 6.03. The molecule has 2 rings (SSSR count). The van der Waals surface area contributed by atoms with Crippen molar-refractivity contribution in [2.75, 3.05) is 12.8 Å². The number of thiophene rings is 1. The molecule has 0 radical (unpaired) electrons. The second-order valence-electron chi connectivity index (χ2n) is 4.63. The minimum Gasteiger partial charge on any atom is -0.315 e. The molecule has 0 amide bonds. The number of hydrogen-bond donors (Lipinski definition) is 1. The molecule has 0 spiro atoms. The highest BCUT2D eigenvalue weighted by molar-refractivity contribution is 7.92. The molecular weight excluding hydrogens is 254 g/mol. The van der Waals surface area contributed by atoms with Gasteiger partial charge in [-0.05, 0) is 48.7 Å². The first-order chi connectivity index (χ1) is 8.13. The van der Waals surface area contributed by atoms with E-state index in [-0.39, 0.29) is 11.3 Å². The molecule has 1 aliphatic rings. The van der Waals surface area contributed by atoms with Crippen LogP contribution in [-0.4, -0.2) is 32.5 Å². The van der Waals surface area contributed by atoms with Crippen LogP contribution in [0.5, 0.6) is 0 Å². The second kappa shape index (κ2) is 5.50. The van der Waals surface area contributed by atoms with Gasteiger partial charge in [0.15, 0.2) is 9.84 Å². The fraction of sp³-hybridized carbons (Fsp3) is 0.667. The van der Waals surface area contributed by atoms with Crippen LogP contribution < -0.4 is 5.32 Å². The lowest BCUT2D eigenvalue weighted by atomic mass is 10.0. The van der Waals surface area contributed by atoms with Gasteiger partial charge in [0.1, 0.15) is 0 Å². The van der Waals surface area contributed by atoms with E-state index in [1.54, 1.807) is 11.3 Å². The summed E-state index contributed by atoms with van der Waals surface area (Å²) in [6, 6.07) is 2.12. The standard InChI is InChI=1S/C12H19NO2S2/c1-13-11(8-10-5-6-16-9-10)12-4-2-3-7-17(12,14)15/h5-6,9,11-13H,2-4,7-8H2,1H3. The van der Waals surface area contributed by atoms with Crippen LogP contribution in [0, 0.1) is 0 Å². The van der Waals surface area contributed by atoms with E-state index < -0.39 is 9.84 Å². The lowest BCUT2D eigenvalue weighted by Gasteiger charge is -2.29. The first kappa shape index (κ1) is 13.1. The van der Waals surface area contributed by atoms with Crippen molar-refractivity contribution in [1.82, 2.24) is 5.32 Å². The molecule has 2 atom stereocenters. The minimum atomic E-state index is -2.90. The van der Waals surface area contributed by atoms with Gasteiger partial charge in [-0.25, -0.2) is 8.42 Å². The van der Waals surface area contributed by atoms with Crippen molar-refractivity contribution in [2.24, 2.45) is 0 Å². The number of hydrogen-bond acceptors (Lipinski definition) is 4. The fourth-order valence-corrected chi connectivity index (χ4v) is 5.36. The average molecular weight is 273 g/mol. The zero-order chi connectivity index (χ0) is 12.3. The Balaban J connectivity index is 2.12. The smallest absolute Gasteiger partial charge is 0.154 e. The lowest BCUT2D eigenvalue weighted by molar-refractivity contribution is 0.456. The molecule has 0 saturated carbocycles. The van der Waals surface area contributed by atoms with Gasteiger partial charge in [0, 0.05) is 6.04 Å². The van der Waals surface area contributed by atoms with Gasteiger partial charge in [0.2, 0.25) is 0 Å². The van der Waals surface area contributed by atoms with Crippen molar-refractivity contribution in [1.29, 1.82) is 0 Å². The summed E-state index contributed by atoms with van der Waals surface area (Å²) in [5, 5.41) is 7.12. The Morgan fingerprint density at radius 1 is 1.53 bits per heavy atom. The zero-order valence-electron chi connectivity index (χ0n) is 10.1. The van der Waals surface area contributed by atoms with Gasteiger partial charge in [-0.3, -0.25) is 0 Å². The number of likely N-dealkylation sites (N-methyl/N-ethyl adjacent to an activating group) is 1. The Bertz CT molecular complexity index is 439. The Hall–Kier alpha value is -0.390. The van der Waals surface area contributed by atoms with Gasteiger partial charge in [0.25, 0.3) is 0 Å².